The number of imidazole rings is 1. The first-order chi connectivity index (χ1) is 13.5. The van der Waals surface area contributed by atoms with Crippen LogP contribution in [0.25, 0.3) is 11.0 Å². The van der Waals surface area contributed by atoms with Gasteiger partial charge in [0.05, 0.1) is 29.3 Å². The summed E-state index contributed by atoms with van der Waals surface area (Å²) in [7, 11) is 0. The number of benzene rings is 1. The highest BCUT2D eigenvalue weighted by Crippen LogP contribution is 2.27. The van der Waals surface area contributed by atoms with E-state index in [4.69, 9.17) is 16.3 Å². The van der Waals surface area contributed by atoms with Crippen molar-refractivity contribution >= 4 is 46.3 Å². The second-order valence-corrected chi connectivity index (χ2v) is 8.28. The lowest BCUT2D eigenvalue weighted by atomic mass is 9.98. The lowest BCUT2D eigenvalue weighted by molar-refractivity contribution is -0.151. The number of piperidine rings is 1. The molecule has 0 bridgehead atoms. The Bertz CT molecular complexity index is 855. The Hall–Kier alpha value is -1.73. The quantitative estimate of drug-likeness (QED) is 0.497. The normalized spacial score (nSPS) is 17.1. The monoisotopic (exact) mass is 423 g/mol. The first-order valence-corrected chi connectivity index (χ1v) is 11.1. The Balaban J connectivity index is 1.67. The lowest BCUT2D eigenvalue weighted by Gasteiger charge is -2.31. The summed E-state index contributed by atoms with van der Waals surface area (Å²) in [5.74, 6) is -0.0769. The number of aryl methyl sites for hydroxylation is 1. The number of hydrogen-bond acceptors (Lipinski definition) is 5. The molecule has 1 amide bonds. The molecule has 8 heteroatoms. The second-order valence-electron chi connectivity index (χ2n) is 6.90. The van der Waals surface area contributed by atoms with E-state index in [0.29, 0.717) is 30.5 Å². The number of fused-ring (bicyclic) bond motifs is 1. The molecule has 6 nitrogen and oxygen atoms in total. The van der Waals surface area contributed by atoms with E-state index in [1.165, 1.54) is 11.8 Å². The minimum absolute atomic E-state index is 0.0344. The lowest BCUT2D eigenvalue weighted by Crippen LogP contribution is -2.43. The first kappa shape index (κ1) is 21.0. The Morgan fingerprint density at radius 2 is 2.18 bits per heavy atom. The minimum atomic E-state index is -0.213. The average molecular weight is 424 g/mol. The molecule has 1 aliphatic heterocycles. The zero-order chi connectivity index (χ0) is 20.1. The maximum Gasteiger partial charge on any atom is 0.310 e. The molecule has 0 saturated carbocycles. The van der Waals surface area contributed by atoms with Crippen LogP contribution in [0, 0.1) is 5.92 Å². The van der Waals surface area contributed by atoms with E-state index in [2.05, 4.69) is 16.5 Å². The molecule has 3 rings (SSSR count). The van der Waals surface area contributed by atoms with Crippen LogP contribution in [0.15, 0.2) is 23.4 Å². The maximum atomic E-state index is 12.7. The van der Waals surface area contributed by atoms with Gasteiger partial charge in [-0.1, -0.05) is 30.3 Å². The molecule has 28 heavy (non-hydrogen) atoms. The minimum Gasteiger partial charge on any atom is -0.466 e. The van der Waals surface area contributed by atoms with Crippen LogP contribution in [0.3, 0.4) is 0 Å². The standard InChI is InChI=1S/C20H26ClN3O3S/c1-3-9-24-17-8-7-15(21)11-16(17)22-20(24)28-13-18(25)23-10-5-6-14(12-23)19(26)27-4-2/h7-8,11,14H,3-6,9-10,12-13H2,1-2H3. The third-order valence-electron chi connectivity index (χ3n) is 4.84. The Morgan fingerprint density at radius 3 is 2.93 bits per heavy atom. The molecule has 0 spiro atoms. The summed E-state index contributed by atoms with van der Waals surface area (Å²) in [6.45, 7) is 6.26. The van der Waals surface area contributed by atoms with E-state index in [9.17, 15) is 9.59 Å². The first-order valence-electron chi connectivity index (χ1n) is 9.76. The molecule has 1 aliphatic rings. The van der Waals surface area contributed by atoms with Crippen LogP contribution in [0.1, 0.15) is 33.1 Å². The summed E-state index contributed by atoms with van der Waals surface area (Å²) in [5, 5.41) is 1.48. The molecular weight excluding hydrogens is 398 g/mol. The number of hydrogen-bond donors (Lipinski definition) is 0. The van der Waals surface area contributed by atoms with Crippen molar-refractivity contribution in [3.63, 3.8) is 0 Å². The number of halogens is 1. The molecule has 1 atom stereocenters. The van der Waals surface area contributed by atoms with Gasteiger partial charge in [0.2, 0.25) is 5.91 Å². The highest BCUT2D eigenvalue weighted by Gasteiger charge is 2.29. The number of carbonyl (C=O) groups is 2. The second kappa shape index (κ2) is 9.65. The number of thioether (sulfide) groups is 1. The predicted octanol–water partition coefficient (Wildman–Crippen LogP) is 3.99. The predicted molar refractivity (Wildman–Crippen MR) is 112 cm³/mol. The summed E-state index contributed by atoms with van der Waals surface area (Å²) in [6, 6.07) is 5.69. The number of amides is 1. The van der Waals surface area contributed by atoms with Crippen molar-refractivity contribution in [2.24, 2.45) is 5.92 Å². The van der Waals surface area contributed by atoms with E-state index in [0.717, 1.165) is 42.0 Å². The topological polar surface area (TPSA) is 64.4 Å². The van der Waals surface area contributed by atoms with Crippen molar-refractivity contribution in [3.8, 4) is 0 Å². The number of esters is 1. The summed E-state index contributed by atoms with van der Waals surface area (Å²) in [4.78, 5) is 31.2. The van der Waals surface area contributed by atoms with Gasteiger partial charge in [0.15, 0.2) is 5.16 Å². The summed E-state index contributed by atoms with van der Waals surface area (Å²) in [5.41, 5.74) is 1.87. The smallest absolute Gasteiger partial charge is 0.310 e. The molecule has 0 N–H and O–H groups in total. The van der Waals surface area contributed by atoms with E-state index in [1.807, 2.05) is 18.2 Å². The molecule has 0 aliphatic carbocycles. The molecule has 1 aromatic carbocycles. The van der Waals surface area contributed by atoms with Gasteiger partial charge in [0.1, 0.15) is 0 Å². The summed E-state index contributed by atoms with van der Waals surface area (Å²) in [6.07, 6.45) is 2.58. The van der Waals surface area contributed by atoms with Gasteiger partial charge in [0.25, 0.3) is 0 Å². The van der Waals surface area contributed by atoms with Gasteiger partial charge in [0, 0.05) is 24.7 Å². The van der Waals surface area contributed by atoms with Crippen LogP contribution in [0.2, 0.25) is 5.02 Å². The van der Waals surface area contributed by atoms with Crippen molar-refractivity contribution in [1.82, 2.24) is 14.5 Å². The average Bonchev–Trinajstić information content (AvgIpc) is 3.03. The summed E-state index contributed by atoms with van der Waals surface area (Å²) < 4.78 is 7.26. The fourth-order valence-electron chi connectivity index (χ4n) is 3.50. The molecule has 1 unspecified atom stereocenters. The Kier molecular flexibility index (Phi) is 7.24. The molecule has 0 radical (unpaired) electrons. The van der Waals surface area contributed by atoms with Gasteiger partial charge in [-0.05, 0) is 44.4 Å². The fourth-order valence-corrected chi connectivity index (χ4v) is 4.61. The molecule has 1 saturated heterocycles. The number of likely N-dealkylation sites (tertiary alicyclic amines) is 1. The SMILES string of the molecule is CCCn1c(SCC(=O)N2CCCC(C(=O)OCC)C2)nc2cc(Cl)ccc21. The van der Waals surface area contributed by atoms with Gasteiger partial charge in [-0.2, -0.15) is 0 Å². The fraction of sp³-hybridized carbons (Fsp3) is 0.550. The number of ether oxygens (including phenoxy) is 1. The van der Waals surface area contributed by atoms with Gasteiger partial charge in [-0.3, -0.25) is 9.59 Å². The highest BCUT2D eigenvalue weighted by atomic mass is 35.5. The molecule has 1 aromatic heterocycles. The van der Waals surface area contributed by atoms with Crippen LogP contribution in [0.5, 0.6) is 0 Å². The number of nitrogens with zero attached hydrogens (tertiary/aromatic N) is 3. The van der Waals surface area contributed by atoms with Crippen molar-refractivity contribution in [2.75, 3.05) is 25.4 Å². The van der Waals surface area contributed by atoms with Crippen LogP contribution in [0.4, 0.5) is 0 Å². The van der Waals surface area contributed by atoms with Crippen molar-refractivity contribution < 1.29 is 14.3 Å². The molecular formula is C20H26ClN3O3S. The van der Waals surface area contributed by atoms with Crippen LogP contribution >= 0.6 is 23.4 Å². The highest BCUT2D eigenvalue weighted by molar-refractivity contribution is 7.99. The molecule has 2 aromatic rings. The molecule has 1 fully saturated rings. The van der Waals surface area contributed by atoms with Crippen LogP contribution in [-0.2, 0) is 20.9 Å². The number of rotatable bonds is 7. The zero-order valence-corrected chi connectivity index (χ0v) is 17.9. The third-order valence-corrected chi connectivity index (χ3v) is 6.04. The van der Waals surface area contributed by atoms with E-state index < -0.39 is 0 Å². The van der Waals surface area contributed by atoms with Crippen molar-refractivity contribution in [2.45, 2.75) is 44.8 Å². The number of aromatic nitrogens is 2. The van der Waals surface area contributed by atoms with E-state index in [1.54, 1.807) is 11.8 Å². The van der Waals surface area contributed by atoms with Crippen LogP contribution < -0.4 is 0 Å². The largest absolute Gasteiger partial charge is 0.466 e. The van der Waals surface area contributed by atoms with Gasteiger partial charge in [-0.15, -0.1) is 0 Å². The maximum absolute atomic E-state index is 12.7. The Labute approximate surface area is 174 Å². The van der Waals surface area contributed by atoms with Crippen molar-refractivity contribution in [1.29, 1.82) is 0 Å². The summed E-state index contributed by atoms with van der Waals surface area (Å²) >= 11 is 7.54. The van der Waals surface area contributed by atoms with Gasteiger partial charge >= 0.3 is 5.97 Å². The molecule has 2 heterocycles. The van der Waals surface area contributed by atoms with Gasteiger partial charge < -0.3 is 14.2 Å². The Morgan fingerprint density at radius 1 is 1.36 bits per heavy atom. The van der Waals surface area contributed by atoms with E-state index >= 15 is 0 Å². The number of carbonyl (C=O) groups excluding carboxylic acids is 2. The molecule has 152 valence electrons. The van der Waals surface area contributed by atoms with Gasteiger partial charge in [-0.25, -0.2) is 4.98 Å². The van der Waals surface area contributed by atoms with Crippen molar-refractivity contribution in [3.05, 3.63) is 23.2 Å². The third kappa shape index (κ3) is 4.81. The zero-order valence-electron chi connectivity index (χ0n) is 16.3. The van der Waals surface area contributed by atoms with Crippen LogP contribution in [-0.4, -0.2) is 51.8 Å². The van der Waals surface area contributed by atoms with E-state index in [-0.39, 0.29) is 17.8 Å².